The summed E-state index contributed by atoms with van der Waals surface area (Å²) >= 11 is 4.59. The second-order valence-electron chi connectivity index (χ2n) is 3.66. The smallest absolute Gasteiger partial charge is 0.0249 e. The van der Waals surface area contributed by atoms with Crippen molar-refractivity contribution in [2.24, 2.45) is 0 Å². The van der Waals surface area contributed by atoms with Crippen molar-refractivity contribution < 1.29 is 0 Å². The van der Waals surface area contributed by atoms with Crippen LogP contribution in [0.3, 0.4) is 0 Å². The molecule has 0 N–H and O–H groups in total. The van der Waals surface area contributed by atoms with Gasteiger partial charge in [0.2, 0.25) is 0 Å². The van der Waals surface area contributed by atoms with Crippen LogP contribution < -0.4 is 0 Å². The van der Waals surface area contributed by atoms with Crippen LogP contribution in [-0.2, 0) is 0 Å². The van der Waals surface area contributed by atoms with Crippen LogP contribution in [0, 0.1) is 19.0 Å². The van der Waals surface area contributed by atoms with Gasteiger partial charge in [-0.05, 0) is 99.3 Å². The van der Waals surface area contributed by atoms with Crippen LogP contribution in [0.25, 0.3) is 6.08 Å². The molecule has 88 valence electrons. The van der Waals surface area contributed by atoms with Gasteiger partial charge < -0.3 is 0 Å². The van der Waals surface area contributed by atoms with Gasteiger partial charge in [0, 0.05) is 12.7 Å². The number of benzene rings is 2. The number of hydrogen-bond donors (Lipinski definition) is 0. The topological polar surface area (TPSA) is 0 Å². The molecule has 0 bridgehead atoms. The van der Waals surface area contributed by atoms with Gasteiger partial charge >= 0.3 is 0 Å². The Morgan fingerprint density at radius 2 is 1.33 bits per heavy atom. The Labute approximate surface area is 135 Å². The van der Waals surface area contributed by atoms with Gasteiger partial charge in [-0.3, -0.25) is 0 Å². The van der Waals surface area contributed by atoms with Gasteiger partial charge in [-0.2, -0.15) is 0 Å². The van der Waals surface area contributed by atoms with E-state index in [1.165, 1.54) is 12.7 Å². The monoisotopic (exact) mass is 456 g/mol. The van der Waals surface area contributed by atoms with Crippen LogP contribution in [0.5, 0.6) is 0 Å². The van der Waals surface area contributed by atoms with E-state index < -0.39 is 0 Å². The van der Waals surface area contributed by atoms with E-state index >= 15 is 0 Å². The third-order valence-electron chi connectivity index (χ3n) is 2.29. The van der Waals surface area contributed by atoms with Gasteiger partial charge in [-0.25, -0.2) is 0 Å². The van der Waals surface area contributed by atoms with Crippen molar-refractivity contribution in [3.05, 3.63) is 72.9 Å². The molecule has 2 aromatic rings. The zero-order chi connectivity index (χ0) is 12.8. The maximum Gasteiger partial charge on any atom is 0.0249 e. The van der Waals surface area contributed by atoms with E-state index in [1.54, 1.807) is 0 Å². The molecule has 2 heteroatoms. The lowest BCUT2D eigenvalue weighted by atomic mass is 10.2. The lowest BCUT2D eigenvalue weighted by Crippen LogP contribution is -1.74. The Bertz CT molecular complexity index is 596. The molecule has 0 atom stereocenters. The summed E-state index contributed by atoms with van der Waals surface area (Å²) < 4.78 is 2.47. The second-order valence-corrected chi connectivity index (χ2v) is 6.15. The van der Waals surface area contributed by atoms with E-state index in [2.05, 4.69) is 93.4 Å². The normalized spacial score (nSPS) is 10.1. The fraction of sp³-hybridized carbons (Fsp3) is 0. The summed E-state index contributed by atoms with van der Waals surface area (Å²) in [5, 5.41) is 0. The summed E-state index contributed by atoms with van der Waals surface area (Å²) in [5.41, 5.74) is 2.22. The van der Waals surface area contributed by atoms with Crippen molar-refractivity contribution in [1.82, 2.24) is 0 Å². The van der Waals surface area contributed by atoms with Crippen LogP contribution in [0.2, 0.25) is 0 Å². The highest BCUT2D eigenvalue weighted by atomic mass is 127. The van der Waals surface area contributed by atoms with E-state index in [1.807, 2.05) is 24.3 Å². The molecule has 0 amide bonds. The number of halogens is 2. The minimum Gasteiger partial charge on any atom is -0.0696 e. The van der Waals surface area contributed by atoms with Gasteiger partial charge in [-0.1, -0.05) is 24.0 Å². The summed E-state index contributed by atoms with van der Waals surface area (Å²) in [6.45, 7) is 0. The van der Waals surface area contributed by atoms with E-state index in [-0.39, 0.29) is 0 Å². The Kier molecular flexibility index (Phi) is 5.26. The number of hydrogen-bond acceptors (Lipinski definition) is 0. The minimum atomic E-state index is 1.04. The Hall–Kier alpha value is -0.800. The second kappa shape index (κ2) is 6.95. The van der Waals surface area contributed by atoms with Crippen molar-refractivity contribution in [3.8, 4) is 11.8 Å². The third-order valence-corrected chi connectivity index (χ3v) is 3.73. The average molecular weight is 456 g/mol. The molecule has 0 spiro atoms. The summed E-state index contributed by atoms with van der Waals surface area (Å²) in [7, 11) is 0. The molecule has 2 rings (SSSR count). The maximum absolute atomic E-state index is 3.11. The lowest BCUT2D eigenvalue weighted by molar-refractivity contribution is 1.60. The van der Waals surface area contributed by atoms with Crippen LogP contribution in [0.1, 0.15) is 11.1 Å². The molecule has 0 radical (unpaired) electrons. The third kappa shape index (κ3) is 4.46. The van der Waals surface area contributed by atoms with Crippen molar-refractivity contribution in [2.75, 3.05) is 0 Å². The SMILES string of the molecule is Ic1ccc(C#C/C=C/c2ccc(I)cc2)cc1. The van der Waals surface area contributed by atoms with Crippen LogP contribution in [-0.4, -0.2) is 0 Å². The molecular weight excluding hydrogens is 446 g/mol. The predicted octanol–water partition coefficient (Wildman–Crippen LogP) is 4.96. The average Bonchev–Trinajstić information content (AvgIpc) is 2.39. The van der Waals surface area contributed by atoms with Crippen molar-refractivity contribution in [1.29, 1.82) is 0 Å². The molecule has 0 fully saturated rings. The summed E-state index contributed by atoms with van der Waals surface area (Å²) in [6.07, 6.45) is 3.91. The summed E-state index contributed by atoms with van der Waals surface area (Å²) in [5.74, 6) is 6.16. The lowest BCUT2D eigenvalue weighted by Gasteiger charge is -1.91. The first kappa shape index (κ1) is 13.6. The molecule has 0 heterocycles. The molecule has 2 aromatic carbocycles. The molecule has 0 aliphatic carbocycles. The molecule has 0 aromatic heterocycles. The van der Waals surface area contributed by atoms with Gasteiger partial charge in [0.1, 0.15) is 0 Å². The van der Waals surface area contributed by atoms with E-state index in [0.717, 1.165) is 5.56 Å². The maximum atomic E-state index is 3.11. The molecule has 0 saturated carbocycles. The fourth-order valence-electron chi connectivity index (χ4n) is 1.37. The molecule has 0 saturated heterocycles. The first-order valence-corrected chi connectivity index (χ1v) is 7.59. The Balaban J connectivity index is 2.03. The molecule has 18 heavy (non-hydrogen) atoms. The van der Waals surface area contributed by atoms with Crippen molar-refractivity contribution >= 4 is 51.3 Å². The molecular formula is C16H10I2. The summed E-state index contributed by atoms with van der Waals surface area (Å²) in [4.78, 5) is 0. The minimum absolute atomic E-state index is 1.04. The number of rotatable bonds is 1. The first-order valence-electron chi connectivity index (χ1n) is 5.43. The highest BCUT2D eigenvalue weighted by Gasteiger charge is 1.87. The van der Waals surface area contributed by atoms with Crippen LogP contribution in [0.4, 0.5) is 0 Å². The zero-order valence-corrected chi connectivity index (χ0v) is 13.8. The van der Waals surface area contributed by atoms with Gasteiger partial charge in [-0.15, -0.1) is 0 Å². The van der Waals surface area contributed by atoms with Gasteiger partial charge in [0.15, 0.2) is 0 Å². The molecule has 0 unspecified atom stereocenters. The standard InChI is InChI=1S/C16H10I2/c17-15-9-5-13(6-10-15)3-1-2-4-14-7-11-16(18)12-8-14/h1,3,5-12H/b3-1+. The molecule has 0 aliphatic heterocycles. The van der Waals surface area contributed by atoms with E-state index in [9.17, 15) is 0 Å². The largest absolute Gasteiger partial charge is 0.0696 e. The van der Waals surface area contributed by atoms with Crippen LogP contribution >= 0.6 is 45.2 Å². The molecule has 0 aliphatic rings. The van der Waals surface area contributed by atoms with Gasteiger partial charge in [0.25, 0.3) is 0 Å². The molecule has 0 nitrogen and oxygen atoms in total. The highest BCUT2D eigenvalue weighted by molar-refractivity contribution is 14.1. The van der Waals surface area contributed by atoms with E-state index in [0.29, 0.717) is 0 Å². The Morgan fingerprint density at radius 1 is 0.778 bits per heavy atom. The Morgan fingerprint density at radius 3 is 1.94 bits per heavy atom. The van der Waals surface area contributed by atoms with Gasteiger partial charge in [0.05, 0.1) is 0 Å². The van der Waals surface area contributed by atoms with Crippen molar-refractivity contribution in [2.45, 2.75) is 0 Å². The van der Waals surface area contributed by atoms with E-state index in [4.69, 9.17) is 0 Å². The summed E-state index contributed by atoms with van der Waals surface area (Å²) in [6, 6.07) is 16.6. The van der Waals surface area contributed by atoms with Crippen molar-refractivity contribution in [3.63, 3.8) is 0 Å². The zero-order valence-electron chi connectivity index (χ0n) is 9.53. The quantitative estimate of drug-likeness (QED) is 0.421. The van der Waals surface area contributed by atoms with Crippen LogP contribution in [0.15, 0.2) is 54.6 Å². The highest BCUT2D eigenvalue weighted by Crippen LogP contribution is 2.08. The predicted molar refractivity (Wildman–Crippen MR) is 94.2 cm³/mol. The number of allylic oxidation sites excluding steroid dienone is 1. The first-order chi connectivity index (χ1) is 8.74. The fourth-order valence-corrected chi connectivity index (χ4v) is 2.09.